The molecule has 0 unspecified atom stereocenters. The molecule has 132 valence electrons. The molecule has 1 heterocycles. The molecule has 1 fully saturated rings. The molecule has 0 radical (unpaired) electrons. The summed E-state index contributed by atoms with van der Waals surface area (Å²) < 4.78 is 0. The third-order valence-electron chi connectivity index (χ3n) is 4.27. The molecule has 0 aromatic heterocycles. The number of aliphatic imine (C=N–C) groups is 1. The molecule has 1 aliphatic rings. The highest BCUT2D eigenvalue weighted by Crippen LogP contribution is 2.25. The fraction of sp³-hybridized carbons (Fsp3) is 0.200. The van der Waals surface area contributed by atoms with Gasteiger partial charge in [0.15, 0.2) is 5.92 Å². The Labute approximate surface area is 151 Å². The Morgan fingerprint density at radius 3 is 2.42 bits per heavy atom. The molecule has 6 nitrogen and oxygen atoms in total. The van der Waals surface area contributed by atoms with Crippen LogP contribution in [0.5, 0.6) is 0 Å². The fourth-order valence-corrected chi connectivity index (χ4v) is 2.87. The first-order valence-electron chi connectivity index (χ1n) is 8.24. The Morgan fingerprint density at radius 1 is 1.00 bits per heavy atom. The topological polar surface area (TPSA) is 78.8 Å². The van der Waals surface area contributed by atoms with Crippen LogP contribution in [0.4, 0.5) is 16.2 Å². The second kappa shape index (κ2) is 6.92. The van der Waals surface area contributed by atoms with Crippen molar-refractivity contribution in [3.05, 3.63) is 59.2 Å². The van der Waals surface area contributed by atoms with Crippen LogP contribution < -0.4 is 10.2 Å². The first-order chi connectivity index (χ1) is 12.4. The molecule has 2 aromatic carbocycles. The number of barbiturate groups is 1. The van der Waals surface area contributed by atoms with Crippen molar-refractivity contribution >= 4 is 35.4 Å². The summed E-state index contributed by atoms with van der Waals surface area (Å²) in [5.41, 5.74) is 3.93. The minimum atomic E-state index is -1.16. The highest BCUT2D eigenvalue weighted by atomic mass is 16.2. The lowest BCUT2D eigenvalue weighted by Crippen LogP contribution is -2.58. The maximum absolute atomic E-state index is 12.8. The van der Waals surface area contributed by atoms with E-state index in [1.807, 2.05) is 38.1 Å². The number of carbonyl (C=O) groups excluding carboxylic acids is 3. The molecule has 0 aliphatic carbocycles. The van der Waals surface area contributed by atoms with E-state index < -0.39 is 23.8 Å². The van der Waals surface area contributed by atoms with Gasteiger partial charge in [-0.1, -0.05) is 35.9 Å². The van der Waals surface area contributed by atoms with Gasteiger partial charge in [0.1, 0.15) is 0 Å². The van der Waals surface area contributed by atoms with Crippen molar-refractivity contribution in [3.8, 4) is 0 Å². The van der Waals surface area contributed by atoms with Crippen molar-refractivity contribution in [2.75, 3.05) is 4.90 Å². The Morgan fingerprint density at radius 2 is 1.73 bits per heavy atom. The standard InChI is InChI=1S/C20H19N3O3/c1-12-8-9-16(14(3)10-12)21-11-15-18(24)22-20(26)23(19(15)25)17-7-5-4-6-13(17)2/h4-11,15H,1-3H3,(H,22,24,26)/t15-/m0/s1. The van der Waals surface area contributed by atoms with Crippen molar-refractivity contribution in [1.29, 1.82) is 0 Å². The lowest BCUT2D eigenvalue weighted by Gasteiger charge is -2.29. The van der Waals surface area contributed by atoms with Crippen LogP contribution in [0.1, 0.15) is 16.7 Å². The quantitative estimate of drug-likeness (QED) is 0.682. The third-order valence-corrected chi connectivity index (χ3v) is 4.27. The summed E-state index contributed by atoms with van der Waals surface area (Å²) in [6, 6.07) is 12.0. The number of hydrogen-bond donors (Lipinski definition) is 1. The van der Waals surface area contributed by atoms with Gasteiger partial charge in [0.2, 0.25) is 5.91 Å². The smallest absolute Gasteiger partial charge is 0.276 e. The molecule has 1 atom stereocenters. The largest absolute Gasteiger partial charge is 0.335 e. The van der Waals surface area contributed by atoms with E-state index in [1.54, 1.807) is 25.1 Å². The molecule has 2 aromatic rings. The van der Waals surface area contributed by atoms with Gasteiger partial charge in [0.25, 0.3) is 5.91 Å². The number of amides is 4. The zero-order chi connectivity index (χ0) is 18.8. The first kappa shape index (κ1) is 17.5. The van der Waals surface area contributed by atoms with Crippen LogP contribution in [0.25, 0.3) is 0 Å². The summed E-state index contributed by atoms with van der Waals surface area (Å²) in [7, 11) is 0. The molecule has 0 saturated carbocycles. The number of aryl methyl sites for hydroxylation is 3. The van der Waals surface area contributed by atoms with Gasteiger partial charge >= 0.3 is 6.03 Å². The van der Waals surface area contributed by atoms with Crippen molar-refractivity contribution in [2.45, 2.75) is 20.8 Å². The summed E-state index contributed by atoms with van der Waals surface area (Å²) in [6.07, 6.45) is 1.30. The minimum absolute atomic E-state index is 0.451. The van der Waals surface area contributed by atoms with E-state index in [1.165, 1.54) is 6.21 Å². The number of urea groups is 1. The molecule has 26 heavy (non-hydrogen) atoms. The number of rotatable bonds is 3. The Bertz CT molecular complexity index is 934. The van der Waals surface area contributed by atoms with E-state index in [-0.39, 0.29) is 0 Å². The maximum Gasteiger partial charge on any atom is 0.335 e. The van der Waals surface area contributed by atoms with E-state index in [2.05, 4.69) is 10.3 Å². The van der Waals surface area contributed by atoms with Crippen LogP contribution in [-0.4, -0.2) is 24.1 Å². The summed E-state index contributed by atoms with van der Waals surface area (Å²) >= 11 is 0. The molecule has 0 spiro atoms. The highest BCUT2D eigenvalue weighted by molar-refractivity contribution is 6.32. The number of carbonyl (C=O) groups is 3. The Kier molecular flexibility index (Phi) is 4.67. The van der Waals surface area contributed by atoms with Gasteiger partial charge in [0.05, 0.1) is 11.4 Å². The molecule has 1 saturated heterocycles. The van der Waals surface area contributed by atoms with Crippen molar-refractivity contribution in [2.24, 2.45) is 10.9 Å². The molecule has 6 heteroatoms. The summed E-state index contributed by atoms with van der Waals surface area (Å²) in [4.78, 5) is 42.5. The molecule has 4 amide bonds. The number of para-hydroxylation sites is 1. The van der Waals surface area contributed by atoms with Gasteiger partial charge in [-0.15, -0.1) is 0 Å². The van der Waals surface area contributed by atoms with Gasteiger partial charge in [0, 0.05) is 6.21 Å². The number of anilines is 1. The molecule has 3 rings (SSSR count). The number of nitrogens with zero attached hydrogens (tertiary/aromatic N) is 2. The summed E-state index contributed by atoms with van der Waals surface area (Å²) in [5.74, 6) is -2.44. The Hall–Kier alpha value is -3.28. The molecular weight excluding hydrogens is 330 g/mol. The lowest BCUT2D eigenvalue weighted by atomic mass is 10.0. The predicted molar refractivity (Wildman–Crippen MR) is 99.8 cm³/mol. The van der Waals surface area contributed by atoms with Crippen molar-refractivity contribution in [1.82, 2.24) is 5.32 Å². The molecule has 0 bridgehead atoms. The van der Waals surface area contributed by atoms with E-state index in [9.17, 15) is 14.4 Å². The normalized spacial score (nSPS) is 17.7. The maximum atomic E-state index is 12.8. The average molecular weight is 349 g/mol. The Balaban J connectivity index is 1.93. The second-order valence-corrected chi connectivity index (χ2v) is 6.30. The van der Waals surface area contributed by atoms with Crippen LogP contribution in [0.3, 0.4) is 0 Å². The number of benzene rings is 2. The van der Waals surface area contributed by atoms with Crippen molar-refractivity contribution in [3.63, 3.8) is 0 Å². The van der Waals surface area contributed by atoms with Crippen LogP contribution in [0, 0.1) is 26.7 Å². The van der Waals surface area contributed by atoms with E-state index >= 15 is 0 Å². The van der Waals surface area contributed by atoms with Crippen LogP contribution in [0.2, 0.25) is 0 Å². The molecule has 1 aliphatic heterocycles. The van der Waals surface area contributed by atoms with Crippen LogP contribution in [0.15, 0.2) is 47.5 Å². The van der Waals surface area contributed by atoms with Gasteiger partial charge < -0.3 is 0 Å². The monoisotopic (exact) mass is 349 g/mol. The minimum Gasteiger partial charge on any atom is -0.276 e. The SMILES string of the molecule is Cc1ccc(N=C[C@H]2C(=O)NC(=O)N(c3ccccc3C)C2=O)c(C)c1. The number of imide groups is 2. The van der Waals surface area contributed by atoms with Crippen molar-refractivity contribution < 1.29 is 14.4 Å². The fourth-order valence-electron chi connectivity index (χ4n) is 2.87. The van der Waals surface area contributed by atoms with Crippen LogP contribution >= 0.6 is 0 Å². The first-order valence-corrected chi connectivity index (χ1v) is 8.24. The lowest BCUT2D eigenvalue weighted by molar-refractivity contribution is -0.131. The van der Waals surface area contributed by atoms with Gasteiger partial charge in [-0.2, -0.15) is 0 Å². The van der Waals surface area contributed by atoms with Gasteiger partial charge in [-0.05, 0) is 44.0 Å². The third kappa shape index (κ3) is 3.26. The van der Waals surface area contributed by atoms with Gasteiger partial charge in [-0.25, -0.2) is 9.69 Å². The zero-order valence-corrected chi connectivity index (χ0v) is 14.8. The van der Waals surface area contributed by atoms with E-state index in [0.717, 1.165) is 21.6 Å². The van der Waals surface area contributed by atoms with E-state index in [4.69, 9.17) is 0 Å². The summed E-state index contributed by atoms with van der Waals surface area (Å²) in [6.45, 7) is 5.68. The molecular formula is C20H19N3O3. The predicted octanol–water partition coefficient (Wildman–Crippen LogP) is 3.21. The number of nitrogens with one attached hydrogen (secondary N) is 1. The number of hydrogen-bond acceptors (Lipinski definition) is 4. The molecule has 1 N–H and O–H groups in total. The summed E-state index contributed by atoms with van der Waals surface area (Å²) in [5, 5.41) is 2.23. The average Bonchev–Trinajstić information content (AvgIpc) is 2.57. The second-order valence-electron chi connectivity index (χ2n) is 6.30. The van der Waals surface area contributed by atoms with E-state index in [0.29, 0.717) is 11.4 Å². The zero-order valence-electron chi connectivity index (χ0n) is 14.8. The highest BCUT2D eigenvalue weighted by Gasteiger charge is 2.40. The van der Waals surface area contributed by atoms with Gasteiger partial charge in [-0.3, -0.25) is 19.9 Å². The van der Waals surface area contributed by atoms with Crippen LogP contribution in [-0.2, 0) is 9.59 Å².